The fourth-order valence-electron chi connectivity index (χ4n) is 4.76. The highest BCUT2D eigenvalue weighted by molar-refractivity contribution is 5.94. The van der Waals surface area contributed by atoms with Gasteiger partial charge in [0.05, 0.1) is 30.4 Å². The summed E-state index contributed by atoms with van der Waals surface area (Å²) in [6, 6.07) is 27.0. The summed E-state index contributed by atoms with van der Waals surface area (Å²) < 4.78 is 7.29. The number of benzene rings is 3. The molecule has 0 spiro atoms. The first-order chi connectivity index (χ1) is 17.6. The largest absolute Gasteiger partial charge is 0.462 e. The van der Waals surface area contributed by atoms with Crippen LogP contribution in [0.5, 0.6) is 0 Å². The van der Waals surface area contributed by atoms with Crippen molar-refractivity contribution in [2.24, 2.45) is 0 Å². The van der Waals surface area contributed by atoms with Gasteiger partial charge in [-0.15, -0.1) is 0 Å². The maximum atomic E-state index is 13.9. The van der Waals surface area contributed by atoms with Gasteiger partial charge in [-0.1, -0.05) is 55.5 Å². The van der Waals surface area contributed by atoms with Crippen LogP contribution in [0.4, 0.5) is 10.5 Å². The first-order valence-corrected chi connectivity index (χ1v) is 12.3. The predicted molar refractivity (Wildman–Crippen MR) is 140 cm³/mol. The fourth-order valence-corrected chi connectivity index (χ4v) is 4.76. The lowest BCUT2D eigenvalue weighted by Crippen LogP contribution is -2.38. The van der Waals surface area contributed by atoms with E-state index in [0.717, 1.165) is 28.9 Å². The lowest BCUT2D eigenvalue weighted by Gasteiger charge is -2.31. The van der Waals surface area contributed by atoms with E-state index < -0.39 is 5.97 Å². The third-order valence-corrected chi connectivity index (χ3v) is 6.55. The van der Waals surface area contributed by atoms with Gasteiger partial charge in [-0.2, -0.15) is 0 Å². The highest BCUT2D eigenvalue weighted by atomic mass is 16.5. The quantitative estimate of drug-likeness (QED) is 0.339. The highest BCUT2D eigenvalue weighted by Gasteiger charge is 2.33. The first kappa shape index (κ1) is 23.4. The molecule has 36 heavy (non-hydrogen) atoms. The van der Waals surface area contributed by atoms with Crippen molar-refractivity contribution in [3.8, 4) is 5.69 Å². The van der Waals surface area contributed by atoms with Crippen molar-refractivity contribution in [2.75, 3.05) is 11.9 Å². The number of para-hydroxylation sites is 1. The van der Waals surface area contributed by atoms with Gasteiger partial charge in [0.25, 0.3) is 0 Å². The summed E-state index contributed by atoms with van der Waals surface area (Å²) in [5.41, 5.74) is 6.35. The number of fused-ring (bicyclic) bond motifs is 3. The van der Waals surface area contributed by atoms with Gasteiger partial charge >= 0.3 is 12.0 Å². The number of rotatable bonds is 5. The number of carbonyl (C=O) groups is 2. The monoisotopic (exact) mass is 479 g/mol. The molecule has 0 fully saturated rings. The fraction of sp³-hybridized carbons (Fsp3) is 0.200. The van der Waals surface area contributed by atoms with Crippen molar-refractivity contribution < 1.29 is 14.3 Å². The van der Waals surface area contributed by atoms with E-state index >= 15 is 0 Å². The number of aromatic nitrogens is 1. The minimum absolute atomic E-state index is 0.245. The van der Waals surface area contributed by atoms with Gasteiger partial charge < -0.3 is 19.5 Å². The van der Waals surface area contributed by atoms with Gasteiger partial charge in [0.2, 0.25) is 0 Å². The van der Waals surface area contributed by atoms with Crippen LogP contribution >= 0.6 is 0 Å². The number of esters is 1. The Morgan fingerprint density at radius 2 is 1.75 bits per heavy atom. The number of urea groups is 1. The summed E-state index contributed by atoms with van der Waals surface area (Å²) >= 11 is 0. The topological polar surface area (TPSA) is 63.6 Å². The van der Waals surface area contributed by atoms with Gasteiger partial charge in [-0.25, -0.2) is 9.59 Å². The molecule has 2 heterocycles. The molecule has 2 amide bonds. The number of hydrogen-bond acceptors (Lipinski definition) is 3. The number of carbonyl (C=O) groups excluding carboxylic acids is 2. The van der Waals surface area contributed by atoms with Gasteiger partial charge in [0.1, 0.15) is 0 Å². The number of nitrogens with one attached hydrogen (secondary N) is 1. The molecule has 1 aliphatic rings. The number of ether oxygens (including phenoxy) is 1. The third kappa shape index (κ3) is 4.50. The summed E-state index contributed by atoms with van der Waals surface area (Å²) in [6.45, 7) is 4.62. The molecule has 0 saturated carbocycles. The van der Waals surface area contributed by atoms with Crippen LogP contribution in [0, 0.1) is 0 Å². The second-order valence-corrected chi connectivity index (χ2v) is 8.79. The molecule has 6 nitrogen and oxygen atoms in total. The summed E-state index contributed by atoms with van der Waals surface area (Å²) in [7, 11) is 0. The molecule has 4 aromatic rings. The molecule has 1 aliphatic heterocycles. The zero-order valence-corrected chi connectivity index (χ0v) is 20.5. The maximum Gasteiger partial charge on any atom is 0.338 e. The minimum atomic E-state index is -0.413. The van der Waals surface area contributed by atoms with Crippen LogP contribution < -0.4 is 5.32 Å². The smallest absolute Gasteiger partial charge is 0.338 e. The van der Waals surface area contributed by atoms with Crippen molar-refractivity contribution in [1.29, 1.82) is 0 Å². The van der Waals surface area contributed by atoms with Gasteiger partial charge in [-0.05, 0) is 66.4 Å². The second kappa shape index (κ2) is 10.1. The van der Waals surface area contributed by atoms with E-state index in [1.54, 1.807) is 31.2 Å². The number of hydrogen-bond donors (Lipinski definition) is 1. The Labute approximate surface area is 211 Å². The molecule has 0 bridgehead atoms. The van der Waals surface area contributed by atoms with Crippen LogP contribution in [0.3, 0.4) is 0 Å². The molecule has 1 atom stereocenters. The molecule has 1 aromatic heterocycles. The Morgan fingerprint density at radius 3 is 2.53 bits per heavy atom. The van der Waals surface area contributed by atoms with E-state index in [9.17, 15) is 9.59 Å². The molecule has 1 N–H and O–H groups in total. The summed E-state index contributed by atoms with van der Waals surface area (Å²) in [5.74, 6) is -0.413. The molecular weight excluding hydrogens is 450 g/mol. The van der Waals surface area contributed by atoms with Crippen LogP contribution in [-0.2, 0) is 17.7 Å². The Kier molecular flexibility index (Phi) is 6.58. The van der Waals surface area contributed by atoms with Crippen LogP contribution in [0.1, 0.15) is 52.6 Å². The third-order valence-electron chi connectivity index (χ3n) is 6.55. The number of amides is 2. The van der Waals surface area contributed by atoms with E-state index in [0.29, 0.717) is 24.4 Å². The standard InChI is InChI=1S/C30H29N3O3/c1-3-21-14-16-22(17-15-21)28-27-13-8-18-32(27)26-12-6-5-9-24(26)20-33(28)30(35)31-25-11-7-10-23(19-25)29(34)36-4-2/h5-19,28H,3-4,20H2,1-2H3,(H,31,35). The van der Waals surface area contributed by atoms with Crippen LogP contribution in [0.15, 0.2) is 91.1 Å². The Bertz CT molecular complexity index is 1390. The molecular formula is C30H29N3O3. The number of anilines is 1. The maximum absolute atomic E-state index is 13.9. The van der Waals surface area contributed by atoms with Crippen molar-refractivity contribution in [1.82, 2.24) is 9.47 Å². The summed E-state index contributed by atoms with van der Waals surface area (Å²) in [6.07, 6.45) is 3.00. The molecule has 0 radical (unpaired) electrons. The van der Waals surface area contributed by atoms with E-state index in [4.69, 9.17) is 4.74 Å². The average Bonchev–Trinajstić information content (AvgIpc) is 3.33. The van der Waals surface area contributed by atoms with Crippen molar-refractivity contribution in [3.05, 3.63) is 119 Å². The second-order valence-electron chi connectivity index (χ2n) is 8.79. The van der Waals surface area contributed by atoms with Gasteiger partial charge in [0.15, 0.2) is 0 Å². The average molecular weight is 480 g/mol. The number of aryl methyl sites for hydroxylation is 1. The highest BCUT2D eigenvalue weighted by Crippen LogP contribution is 2.37. The Hall–Kier alpha value is -4.32. The minimum Gasteiger partial charge on any atom is -0.462 e. The Balaban J connectivity index is 1.55. The molecule has 0 aliphatic carbocycles. The normalized spacial score (nSPS) is 14.4. The van der Waals surface area contributed by atoms with Crippen molar-refractivity contribution in [2.45, 2.75) is 32.9 Å². The summed E-state index contributed by atoms with van der Waals surface area (Å²) in [5, 5.41) is 3.02. The SMILES string of the molecule is CCOC(=O)c1cccc(NC(=O)N2Cc3ccccc3-n3cccc3C2c2ccc(CC)cc2)c1. The van der Waals surface area contributed by atoms with E-state index in [-0.39, 0.29) is 12.1 Å². The van der Waals surface area contributed by atoms with E-state index in [2.05, 4.69) is 59.3 Å². The van der Waals surface area contributed by atoms with Crippen LogP contribution in [0.2, 0.25) is 0 Å². The molecule has 0 saturated heterocycles. The first-order valence-electron chi connectivity index (χ1n) is 12.3. The molecule has 1 unspecified atom stereocenters. The zero-order chi connectivity index (χ0) is 25.1. The molecule has 5 rings (SSSR count). The lowest BCUT2D eigenvalue weighted by atomic mass is 10.00. The Morgan fingerprint density at radius 1 is 0.944 bits per heavy atom. The zero-order valence-electron chi connectivity index (χ0n) is 20.5. The lowest BCUT2D eigenvalue weighted by molar-refractivity contribution is 0.0526. The van der Waals surface area contributed by atoms with Crippen LogP contribution in [-0.4, -0.2) is 28.1 Å². The predicted octanol–water partition coefficient (Wildman–Crippen LogP) is 6.35. The van der Waals surface area contributed by atoms with Crippen LogP contribution in [0.25, 0.3) is 5.69 Å². The number of nitrogens with zero attached hydrogens (tertiary/aromatic N) is 2. The van der Waals surface area contributed by atoms with Crippen molar-refractivity contribution >= 4 is 17.7 Å². The van der Waals surface area contributed by atoms with Crippen molar-refractivity contribution in [3.63, 3.8) is 0 Å². The molecule has 6 heteroatoms. The molecule has 182 valence electrons. The molecule has 3 aromatic carbocycles. The van der Waals surface area contributed by atoms with Gasteiger partial charge in [0, 0.05) is 17.6 Å². The van der Waals surface area contributed by atoms with E-state index in [1.807, 2.05) is 29.3 Å². The van der Waals surface area contributed by atoms with Gasteiger partial charge in [-0.3, -0.25) is 0 Å². The summed E-state index contributed by atoms with van der Waals surface area (Å²) in [4.78, 5) is 27.9. The van der Waals surface area contributed by atoms with E-state index in [1.165, 1.54) is 5.56 Å².